The molecule has 0 spiro atoms. The molecular formula is C21H37N5O5S2. The smallest absolute Gasteiger partial charge is 0.327 e. The number of thiol groups is 2. The quantitative estimate of drug-likeness (QED) is 0.268. The van der Waals surface area contributed by atoms with Crippen molar-refractivity contribution in [1.29, 1.82) is 0 Å². The molecule has 188 valence electrons. The van der Waals surface area contributed by atoms with Gasteiger partial charge in [-0.25, -0.2) is 4.79 Å². The van der Waals surface area contributed by atoms with Crippen molar-refractivity contribution in [3.05, 3.63) is 0 Å². The maximum atomic E-state index is 13.1. The Bertz CT molecular complexity index is 798. The monoisotopic (exact) mass is 503 g/mol. The van der Waals surface area contributed by atoms with Crippen LogP contribution >= 0.6 is 25.3 Å². The summed E-state index contributed by atoms with van der Waals surface area (Å²) in [5.41, 5.74) is -1.49. The van der Waals surface area contributed by atoms with Crippen molar-refractivity contribution in [3.8, 4) is 0 Å². The molecule has 1 fully saturated rings. The number of hydrogen-bond donors (Lipinski definition) is 4. The summed E-state index contributed by atoms with van der Waals surface area (Å²) in [5.74, 6) is -1.64. The molecule has 0 radical (unpaired) electrons. The fraction of sp³-hybridized carbons (Fsp3) is 0.762. The van der Waals surface area contributed by atoms with Gasteiger partial charge in [-0.05, 0) is 25.7 Å². The van der Waals surface area contributed by atoms with Gasteiger partial charge in [-0.15, -0.1) is 0 Å². The Balaban J connectivity index is 2.83. The number of amides is 6. The third-order valence-corrected chi connectivity index (χ3v) is 6.76. The van der Waals surface area contributed by atoms with Crippen LogP contribution in [0.3, 0.4) is 0 Å². The minimum absolute atomic E-state index is 0.0160. The highest BCUT2D eigenvalue weighted by Gasteiger charge is 2.49. The Morgan fingerprint density at radius 2 is 1.70 bits per heavy atom. The standard InChI is InChI=1S/C21H37N5O5S2/c1-20(2,3)14(16(28)22-6)24(7)17(29)12(11-32)23-15(27)13(33)9-10-26-18(30)21(4,5)25(8)19(26)31/h12-14,32-33H,9-11H2,1-8H3,(H,22,28)(H,23,27)/t12?,13-,14?/m0/s1. The van der Waals surface area contributed by atoms with Crippen molar-refractivity contribution in [2.75, 3.05) is 33.4 Å². The molecule has 33 heavy (non-hydrogen) atoms. The highest BCUT2D eigenvalue weighted by molar-refractivity contribution is 7.81. The average Bonchev–Trinajstić information content (AvgIpc) is 2.87. The molecule has 1 aliphatic heterocycles. The number of urea groups is 1. The van der Waals surface area contributed by atoms with Crippen LogP contribution in [0.5, 0.6) is 0 Å². The second-order valence-corrected chi connectivity index (χ2v) is 10.7. The molecule has 0 bridgehead atoms. The van der Waals surface area contributed by atoms with Crippen molar-refractivity contribution >= 4 is 54.9 Å². The van der Waals surface area contributed by atoms with Gasteiger partial charge in [-0.1, -0.05) is 20.8 Å². The predicted molar refractivity (Wildman–Crippen MR) is 132 cm³/mol. The van der Waals surface area contributed by atoms with Crippen molar-refractivity contribution in [1.82, 2.24) is 25.3 Å². The van der Waals surface area contributed by atoms with Gasteiger partial charge in [0.2, 0.25) is 17.7 Å². The molecule has 1 rings (SSSR count). The molecule has 2 N–H and O–H groups in total. The lowest BCUT2D eigenvalue weighted by Gasteiger charge is -2.38. The lowest BCUT2D eigenvalue weighted by Crippen LogP contribution is -2.59. The summed E-state index contributed by atoms with van der Waals surface area (Å²) in [4.78, 5) is 66.7. The van der Waals surface area contributed by atoms with Gasteiger partial charge in [0.1, 0.15) is 17.6 Å². The van der Waals surface area contributed by atoms with Crippen LogP contribution in [0.2, 0.25) is 0 Å². The van der Waals surface area contributed by atoms with Gasteiger partial charge in [0.25, 0.3) is 5.91 Å². The molecule has 0 aromatic rings. The Morgan fingerprint density at radius 1 is 1.15 bits per heavy atom. The summed E-state index contributed by atoms with van der Waals surface area (Å²) >= 11 is 8.50. The minimum Gasteiger partial charge on any atom is -0.357 e. The molecule has 3 atom stereocenters. The first kappa shape index (κ1) is 29.1. The fourth-order valence-electron chi connectivity index (χ4n) is 3.67. The summed E-state index contributed by atoms with van der Waals surface area (Å²) in [6, 6.07) is -2.16. The first-order valence-corrected chi connectivity index (χ1v) is 11.8. The van der Waals surface area contributed by atoms with Crippen molar-refractivity contribution in [2.45, 2.75) is 63.9 Å². The summed E-state index contributed by atoms with van der Waals surface area (Å²) in [6.45, 7) is 8.86. The molecular weight excluding hydrogens is 466 g/mol. The van der Waals surface area contributed by atoms with E-state index in [1.165, 1.54) is 23.9 Å². The highest BCUT2D eigenvalue weighted by atomic mass is 32.1. The fourth-order valence-corrected chi connectivity index (χ4v) is 4.11. The van der Waals surface area contributed by atoms with Gasteiger partial charge >= 0.3 is 6.03 Å². The number of nitrogens with one attached hydrogen (secondary N) is 2. The molecule has 0 aliphatic carbocycles. The molecule has 2 unspecified atom stereocenters. The van der Waals surface area contributed by atoms with Crippen LogP contribution in [0.15, 0.2) is 0 Å². The van der Waals surface area contributed by atoms with Crippen molar-refractivity contribution < 1.29 is 24.0 Å². The van der Waals surface area contributed by atoms with Crippen LogP contribution in [0.4, 0.5) is 4.79 Å². The summed E-state index contributed by atoms with van der Waals surface area (Å²) in [6.07, 6.45) is 0.114. The molecule has 1 saturated heterocycles. The number of rotatable bonds is 9. The van der Waals surface area contributed by atoms with E-state index in [0.717, 1.165) is 4.90 Å². The molecule has 0 aromatic heterocycles. The summed E-state index contributed by atoms with van der Waals surface area (Å²) in [5, 5.41) is 4.32. The van der Waals surface area contributed by atoms with Crippen molar-refractivity contribution in [3.63, 3.8) is 0 Å². The van der Waals surface area contributed by atoms with Crippen LogP contribution in [-0.2, 0) is 19.2 Å². The molecule has 1 heterocycles. The van der Waals surface area contributed by atoms with E-state index in [1.807, 2.05) is 20.8 Å². The maximum Gasteiger partial charge on any atom is 0.327 e. The molecule has 12 heteroatoms. The second kappa shape index (κ2) is 11.0. The minimum atomic E-state index is -0.977. The normalized spacial score (nSPS) is 18.6. The van der Waals surface area contributed by atoms with Crippen LogP contribution in [0, 0.1) is 5.41 Å². The van der Waals surface area contributed by atoms with Gasteiger partial charge in [0, 0.05) is 33.4 Å². The zero-order valence-electron chi connectivity index (χ0n) is 20.6. The van der Waals surface area contributed by atoms with Crippen LogP contribution in [-0.4, -0.2) is 101 Å². The van der Waals surface area contributed by atoms with Gasteiger partial charge in [0.05, 0.1) is 5.25 Å². The number of carbonyl (C=O) groups excluding carboxylic acids is 5. The number of nitrogens with zero attached hydrogens (tertiary/aromatic N) is 3. The number of carbonyl (C=O) groups is 5. The van der Waals surface area contributed by atoms with E-state index in [0.29, 0.717) is 0 Å². The largest absolute Gasteiger partial charge is 0.357 e. The number of hydrogen-bond acceptors (Lipinski definition) is 7. The first-order valence-electron chi connectivity index (χ1n) is 10.7. The molecule has 10 nitrogen and oxygen atoms in total. The number of likely N-dealkylation sites (N-methyl/N-ethyl adjacent to an activating group) is 3. The lowest BCUT2D eigenvalue weighted by atomic mass is 9.85. The van der Waals surface area contributed by atoms with E-state index in [4.69, 9.17) is 0 Å². The van der Waals surface area contributed by atoms with E-state index in [-0.39, 0.29) is 30.5 Å². The van der Waals surface area contributed by atoms with Crippen LogP contribution < -0.4 is 10.6 Å². The predicted octanol–water partition coefficient (Wildman–Crippen LogP) is 0.381. The van der Waals surface area contributed by atoms with Gasteiger partial charge < -0.3 is 20.4 Å². The van der Waals surface area contributed by atoms with Crippen LogP contribution in [0.25, 0.3) is 0 Å². The van der Waals surface area contributed by atoms with E-state index in [2.05, 4.69) is 35.9 Å². The SMILES string of the molecule is CNC(=O)C(N(C)C(=O)C(CS)NC(=O)[C@@H](S)CCN1C(=O)N(C)C(C)(C)C1=O)C(C)(C)C. The highest BCUT2D eigenvalue weighted by Crippen LogP contribution is 2.26. The summed E-state index contributed by atoms with van der Waals surface area (Å²) < 4.78 is 0. The average molecular weight is 504 g/mol. The lowest BCUT2D eigenvalue weighted by molar-refractivity contribution is -0.144. The summed E-state index contributed by atoms with van der Waals surface area (Å²) in [7, 11) is 4.56. The Morgan fingerprint density at radius 3 is 2.09 bits per heavy atom. The molecule has 1 aliphatic rings. The Kier molecular flexibility index (Phi) is 9.68. The maximum absolute atomic E-state index is 13.1. The molecule has 6 amide bonds. The number of imide groups is 1. The van der Waals surface area contributed by atoms with Crippen molar-refractivity contribution in [2.24, 2.45) is 5.41 Å². The molecule has 0 aromatic carbocycles. The van der Waals surface area contributed by atoms with Gasteiger partial charge in [-0.3, -0.25) is 24.1 Å². The Labute approximate surface area is 207 Å². The van der Waals surface area contributed by atoms with Gasteiger partial charge in [-0.2, -0.15) is 25.3 Å². The third-order valence-electron chi connectivity index (χ3n) is 5.90. The Hall–Kier alpha value is -1.95. The third kappa shape index (κ3) is 6.34. The zero-order valence-corrected chi connectivity index (χ0v) is 22.4. The molecule has 0 saturated carbocycles. The van der Waals surface area contributed by atoms with E-state index in [1.54, 1.807) is 20.9 Å². The topological polar surface area (TPSA) is 119 Å². The van der Waals surface area contributed by atoms with Crippen LogP contribution in [0.1, 0.15) is 41.0 Å². The van der Waals surface area contributed by atoms with E-state index in [9.17, 15) is 24.0 Å². The second-order valence-electron chi connectivity index (χ2n) is 9.74. The zero-order chi connectivity index (χ0) is 25.9. The first-order chi connectivity index (χ1) is 15.0. The van der Waals surface area contributed by atoms with E-state index >= 15 is 0 Å². The van der Waals surface area contributed by atoms with Gasteiger partial charge in [0.15, 0.2) is 0 Å². The van der Waals surface area contributed by atoms with E-state index < -0.39 is 46.1 Å².